The zero-order valence-corrected chi connectivity index (χ0v) is 10.1. The molecule has 1 amide bonds. The molecule has 0 radical (unpaired) electrons. The molecule has 0 saturated carbocycles. The summed E-state index contributed by atoms with van der Waals surface area (Å²) in [7, 11) is 0. The SMILES string of the molecule is C=C1CN(c2ccccc2OC(C)C)NC1=O. The molecular formula is C13H16N2O2. The van der Waals surface area contributed by atoms with Gasteiger partial charge in [0, 0.05) is 5.57 Å². The van der Waals surface area contributed by atoms with Crippen molar-refractivity contribution < 1.29 is 9.53 Å². The Kier molecular flexibility index (Phi) is 3.04. The fourth-order valence-electron chi connectivity index (χ4n) is 1.68. The van der Waals surface area contributed by atoms with Gasteiger partial charge < -0.3 is 4.74 Å². The normalized spacial score (nSPS) is 15.4. The van der Waals surface area contributed by atoms with E-state index in [1.807, 2.05) is 38.1 Å². The predicted octanol–water partition coefficient (Wildman–Crippen LogP) is 1.88. The second-order valence-corrected chi connectivity index (χ2v) is 4.26. The van der Waals surface area contributed by atoms with Gasteiger partial charge in [0.1, 0.15) is 5.75 Å². The molecule has 0 bridgehead atoms. The summed E-state index contributed by atoms with van der Waals surface area (Å²) >= 11 is 0. The van der Waals surface area contributed by atoms with Gasteiger partial charge in [-0.25, -0.2) is 0 Å². The first kappa shape index (κ1) is 11.5. The van der Waals surface area contributed by atoms with Crippen molar-refractivity contribution in [3.05, 3.63) is 36.4 Å². The molecule has 0 unspecified atom stereocenters. The Morgan fingerprint density at radius 3 is 2.71 bits per heavy atom. The average Bonchev–Trinajstić information content (AvgIpc) is 2.59. The van der Waals surface area contributed by atoms with Gasteiger partial charge in [-0.1, -0.05) is 18.7 Å². The summed E-state index contributed by atoms with van der Waals surface area (Å²) in [4.78, 5) is 11.4. The van der Waals surface area contributed by atoms with Crippen LogP contribution in [0.2, 0.25) is 0 Å². The maximum atomic E-state index is 11.4. The molecule has 0 aliphatic carbocycles. The monoisotopic (exact) mass is 232 g/mol. The minimum absolute atomic E-state index is 0.0951. The van der Waals surface area contributed by atoms with E-state index in [4.69, 9.17) is 4.74 Å². The lowest BCUT2D eigenvalue weighted by atomic mass is 10.2. The molecule has 1 fully saturated rings. The quantitative estimate of drug-likeness (QED) is 0.809. The van der Waals surface area contributed by atoms with Crippen LogP contribution >= 0.6 is 0 Å². The maximum absolute atomic E-state index is 11.4. The first-order chi connectivity index (χ1) is 8.08. The van der Waals surface area contributed by atoms with E-state index in [2.05, 4.69) is 12.0 Å². The number of hydrogen-bond donors (Lipinski definition) is 1. The summed E-state index contributed by atoms with van der Waals surface area (Å²) in [5.74, 6) is 0.627. The number of ether oxygens (including phenoxy) is 1. The van der Waals surface area contributed by atoms with E-state index in [-0.39, 0.29) is 12.0 Å². The van der Waals surface area contributed by atoms with E-state index < -0.39 is 0 Å². The van der Waals surface area contributed by atoms with Gasteiger partial charge in [-0.15, -0.1) is 0 Å². The highest BCUT2D eigenvalue weighted by Gasteiger charge is 2.24. The van der Waals surface area contributed by atoms with Crippen LogP contribution in [0, 0.1) is 0 Å². The minimum Gasteiger partial charge on any atom is -0.489 e. The summed E-state index contributed by atoms with van der Waals surface area (Å²) in [6.07, 6.45) is 0.0951. The van der Waals surface area contributed by atoms with E-state index in [1.165, 1.54) is 0 Å². The van der Waals surface area contributed by atoms with Crippen LogP contribution in [0.5, 0.6) is 5.75 Å². The Morgan fingerprint density at radius 1 is 1.41 bits per heavy atom. The molecule has 1 saturated heterocycles. The van der Waals surface area contributed by atoms with Gasteiger partial charge in [0.25, 0.3) is 5.91 Å². The van der Waals surface area contributed by atoms with Crippen LogP contribution in [0.25, 0.3) is 0 Å². The Labute approximate surface area is 101 Å². The van der Waals surface area contributed by atoms with Crippen LogP contribution in [0.3, 0.4) is 0 Å². The van der Waals surface area contributed by atoms with Gasteiger partial charge >= 0.3 is 0 Å². The third kappa shape index (κ3) is 2.41. The highest BCUT2D eigenvalue weighted by atomic mass is 16.5. The molecule has 1 aliphatic rings. The lowest BCUT2D eigenvalue weighted by Gasteiger charge is -2.21. The molecule has 0 aromatic heterocycles. The van der Waals surface area contributed by atoms with Gasteiger partial charge in [0.15, 0.2) is 0 Å². The van der Waals surface area contributed by atoms with Crippen molar-refractivity contribution in [2.75, 3.05) is 11.6 Å². The van der Waals surface area contributed by atoms with Gasteiger partial charge in [0.2, 0.25) is 0 Å². The van der Waals surface area contributed by atoms with E-state index in [0.29, 0.717) is 12.1 Å². The third-order valence-corrected chi connectivity index (χ3v) is 2.43. The third-order valence-electron chi connectivity index (χ3n) is 2.43. The summed E-state index contributed by atoms with van der Waals surface area (Å²) in [6.45, 7) is 8.13. The predicted molar refractivity (Wildman–Crippen MR) is 66.8 cm³/mol. The summed E-state index contributed by atoms with van der Waals surface area (Å²) in [5, 5.41) is 1.75. The number of hydrazine groups is 1. The van der Waals surface area contributed by atoms with Gasteiger partial charge in [-0.05, 0) is 26.0 Å². The summed E-state index contributed by atoms with van der Waals surface area (Å²) < 4.78 is 5.71. The Hall–Kier alpha value is -1.97. The van der Waals surface area contributed by atoms with Crippen molar-refractivity contribution in [3.8, 4) is 5.75 Å². The van der Waals surface area contributed by atoms with Crippen molar-refractivity contribution >= 4 is 11.6 Å². The number of carbonyl (C=O) groups is 1. The largest absolute Gasteiger partial charge is 0.489 e. The van der Waals surface area contributed by atoms with E-state index in [9.17, 15) is 4.79 Å². The second kappa shape index (κ2) is 4.49. The number of para-hydroxylation sites is 2. The fraction of sp³-hybridized carbons (Fsp3) is 0.308. The molecule has 1 aromatic rings. The van der Waals surface area contributed by atoms with Crippen molar-refractivity contribution in [2.45, 2.75) is 20.0 Å². The number of benzene rings is 1. The molecule has 4 heteroatoms. The maximum Gasteiger partial charge on any atom is 0.267 e. The summed E-state index contributed by atoms with van der Waals surface area (Å²) in [5.41, 5.74) is 4.16. The molecule has 1 heterocycles. The Bertz CT molecular complexity index is 438. The number of carbonyl (C=O) groups excluding carboxylic acids is 1. The van der Waals surface area contributed by atoms with Crippen molar-refractivity contribution in [3.63, 3.8) is 0 Å². The lowest BCUT2D eigenvalue weighted by Crippen LogP contribution is -2.33. The molecule has 0 spiro atoms. The molecule has 4 nitrogen and oxygen atoms in total. The zero-order valence-electron chi connectivity index (χ0n) is 10.1. The van der Waals surface area contributed by atoms with Crippen LogP contribution in [0.1, 0.15) is 13.8 Å². The van der Waals surface area contributed by atoms with Crippen LogP contribution in [0.15, 0.2) is 36.4 Å². The number of hydrogen-bond acceptors (Lipinski definition) is 3. The molecule has 2 rings (SSSR count). The standard InChI is InChI=1S/C13H16N2O2/c1-9(2)17-12-7-5-4-6-11(12)15-8-10(3)13(16)14-15/h4-7,9H,3,8H2,1-2H3,(H,14,16). The first-order valence-electron chi connectivity index (χ1n) is 5.60. The van der Waals surface area contributed by atoms with Crippen LogP contribution < -0.4 is 15.2 Å². The van der Waals surface area contributed by atoms with Gasteiger partial charge in [-0.2, -0.15) is 0 Å². The summed E-state index contributed by atoms with van der Waals surface area (Å²) in [6, 6.07) is 7.63. The molecule has 1 aromatic carbocycles. The number of amides is 1. The topological polar surface area (TPSA) is 41.6 Å². The van der Waals surface area contributed by atoms with Crippen molar-refractivity contribution in [2.24, 2.45) is 0 Å². The van der Waals surface area contributed by atoms with Crippen LogP contribution in [-0.2, 0) is 4.79 Å². The second-order valence-electron chi connectivity index (χ2n) is 4.26. The molecule has 17 heavy (non-hydrogen) atoms. The minimum atomic E-state index is -0.135. The molecular weight excluding hydrogens is 216 g/mol. The van der Waals surface area contributed by atoms with Crippen molar-refractivity contribution in [1.82, 2.24) is 5.43 Å². The molecule has 0 atom stereocenters. The Balaban J connectivity index is 2.26. The number of anilines is 1. The highest BCUT2D eigenvalue weighted by Crippen LogP contribution is 2.29. The Morgan fingerprint density at radius 2 is 2.12 bits per heavy atom. The first-order valence-corrected chi connectivity index (χ1v) is 5.60. The fourth-order valence-corrected chi connectivity index (χ4v) is 1.68. The van der Waals surface area contributed by atoms with Gasteiger partial charge in [0.05, 0.1) is 18.3 Å². The van der Waals surface area contributed by atoms with Crippen LogP contribution in [-0.4, -0.2) is 18.6 Å². The average molecular weight is 232 g/mol. The zero-order chi connectivity index (χ0) is 12.4. The number of rotatable bonds is 3. The van der Waals surface area contributed by atoms with E-state index in [0.717, 1.165) is 11.4 Å². The number of nitrogens with one attached hydrogen (secondary N) is 1. The number of nitrogens with zero attached hydrogens (tertiary/aromatic N) is 1. The van der Waals surface area contributed by atoms with Gasteiger partial charge in [-0.3, -0.25) is 15.2 Å². The van der Waals surface area contributed by atoms with Crippen molar-refractivity contribution in [1.29, 1.82) is 0 Å². The van der Waals surface area contributed by atoms with Crippen LogP contribution in [0.4, 0.5) is 5.69 Å². The van der Waals surface area contributed by atoms with E-state index in [1.54, 1.807) is 5.01 Å². The smallest absolute Gasteiger partial charge is 0.267 e. The van der Waals surface area contributed by atoms with E-state index >= 15 is 0 Å². The lowest BCUT2D eigenvalue weighted by molar-refractivity contribution is -0.116. The molecule has 1 aliphatic heterocycles. The highest BCUT2D eigenvalue weighted by molar-refractivity contribution is 5.98. The molecule has 90 valence electrons. The molecule has 1 N–H and O–H groups in total.